The maximum atomic E-state index is 13.8. The maximum Gasteiger partial charge on any atom is 0.126 e. The Hall–Kier alpha value is -0.890. The first-order chi connectivity index (χ1) is 7.46. The summed E-state index contributed by atoms with van der Waals surface area (Å²) in [4.78, 5) is 0. The lowest BCUT2D eigenvalue weighted by atomic mass is 9.74. The molecule has 1 rings (SSSR count). The molecule has 1 aromatic carbocycles. The summed E-state index contributed by atoms with van der Waals surface area (Å²) < 4.78 is 13.8. The van der Waals surface area contributed by atoms with Crippen molar-refractivity contribution in [3.63, 3.8) is 0 Å². The summed E-state index contributed by atoms with van der Waals surface area (Å²) >= 11 is 0. The molecule has 0 bridgehead atoms. The van der Waals surface area contributed by atoms with Gasteiger partial charge in [-0.05, 0) is 43.0 Å². The van der Waals surface area contributed by atoms with Crippen LogP contribution in [0.25, 0.3) is 0 Å². The number of hydrogen-bond acceptors (Lipinski definition) is 1. The van der Waals surface area contributed by atoms with Crippen LogP contribution in [0.5, 0.6) is 0 Å². The van der Waals surface area contributed by atoms with Gasteiger partial charge in [-0.25, -0.2) is 4.39 Å². The van der Waals surface area contributed by atoms with Crippen LogP contribution in [0.15, 0.2) is 24.3 Å². The van der Waals surface area contributed by atoms with Crippen molar-refractivity contribution >= 4 is 0 Å². The Morgan fingerprint density at radius 3 is 2.38 bits per heavy atom. The molecule has 0 aliphatic heterocycles. The van der Waals surface area contributed by atoms with E-state index in [0.717, 1.165) is 18.5 Å². The second-order valence-corrected chi connectivity index (χ2v) is 5.33. The zero-order valence-corrected chi connectivity index (χ0v) is 10.7. The monoisotopic (exact) mass is 223 g/mol. The normalized spacial score (nSPS) is 13.8. The Labute approximate surface area is 98.1 Å². The van der Waals surface area contributed by atoms with E-state index in [0.29, 0.717) is 0 Å². The third kappa shape index (κ3) is 3.31. The summed E-state index contributed by atoms with van der Waals surface area (Å²) in [7, 11) is 1.93. The van der Waals surface area contributed by atoms with E-state index in [1.165, 1.54) is 0 Å². The molecule has 1 nitrogen and oxygen atoms in total. The van der Waals surface area contributed by atoms with Gasteiger partial charge in [-0.2, -0.15) is 0 Å². The van der Waals surface area contributed by atoms with Crippen LogP contribution in [0, 0.1) is 11.2 Å². The minimum atomic E-state index is -0.0847. The van der Waals surface area contributed by atoms with Crippen LogP contribution in [0.1, 0.15) is 38.7 Å². The first-order valence-corrected chi connectivity index (χ1v) is 5.86. The van der Waals surface area contributed by atoms with Gasteiger partial charge in [0.15, 0.2) is 0 Å². The maximum absolute atomic E-state index is 13.8. The predicted molar refractivity (Wildman–Crippen MR) is 67.1 cm³/mol. The van der Waals surface area contributed by atoms with Gasteiger partial charge >= 0.3 is 0 Å². The third-order valence-electron chi connectivity index (χ3n) is 3.01. The summed E-state index contributed by atoms with van der Waals surface area (Å²) in [5.74, 6) is 0.166. The molecule has 90 valence electrons. The van der Waals surface area contributed by atoms with E-state index in [-0.39, 0.29) is 17.2 Å². The zero-order valence-electron chi connectivity index (χ0n) is 10.7. The molecule has 0 aromatic heterocycles. The first-order valence-electron chi connectivity index (χ1n) is 5.86. The zero-order chi connectivity index (χ0) is 12.2. The second-order valence-electron chi connectivity index (χ2n) is 5.33. The number of nitrogens with one attached hydrogen (secondary N) is 1. The number of halogens is 1. The topological polar surface area (TPSA) is 12.0 Å². The highest BCUT2D eigenvalue weighted by Gasteiger charge is 2.27. The van der Waals surface area contributed by atoms with Crippen LogP contribution in [0.4, 0.5) is 4.39 Å². The molecular weight excluding hydrogens is 201 g/mol. The van der Waals surface area contributed by atoms with E-state index in [9.17, 15) is 4.39 Å². The van der Waals surface area contributed by atoms with Crippen molar-refractivity contribution in [1.82, 2.24) is 5.32 Å². The molecule has 0 saturated heterocycles. The fourth-order valence-corrected chi connectivity index (χ4v) is 2.10. The highest BCUT2D eigenvalue weighted by Crippen LogP contribution is 2.38. The molecule has 0 aliphatic rings. The van der Waals surface area contributed by atoms with E-state index in [4.69, 9.17) is 0 Å². The van der Waals surface area contributed by atoms with Gasteiger partial charge in [-0.3, -0.25) is 0 Å². The molecule has 0 amide bonds. The van der Waals surface area contributed by atoms with Crippen molar-refractivity contribution in [2.45, 2.75) is 33.1 Å². The minimum Gasteiger partial charge on any atom is -0.320 e. The standard InChI is InChI=1S/C14H22FN/c1-14(2,3)12(9-10-16-4)11-7-5-6-8-13(11)15/h5-8,12,16H,9-10H2,1-4H3. The van der Waals surface area contributed by atoms with Crippen LogP contribution in [-0.4, -0.2) is 13.6 Å². The van der Waals surface area contributed by atoms with Crippen LogP contribution in [-0.2, 0) is 0 Å². The largest absolute Gasteiger partial charge is 0.320 e. The van der Waals surface area contributed by atoms with Crippen molar-refractivity contribution in [3.05, 3.63) is 35.6 Å². The fourth-order valence-electron chi connectivity index (χ4n) is 2.10. The highest BCUT2D eigenvalue weighted by atomic mass is 19.1. The molecule has 0 heterocycles. The molecule has 1 N–H and O–H groups in total. The van der Waals surface area contributed by atoms with Crippen LogP contribution in [0.2, 0.25) is 0 Å². The average molecular weight is 223 g/mol. The molecule has 0 spiro atoms. The summed E-state index contributed by atoms with van der Waals surface area (Å²) in [6, 6.07) is 7.11. The summed E-state index contributed by atoms with van der Waals surface area (Å²) in [5, 5.41) is 3.14. The van der Waals surface area contributed by atoms with Gasteiger partial charge < -0.3 is 5.32 Å². The quantitative estimate of drug-likeness (QED) is 0.823. The lowest BCUT2D eigenvalue weighted by Gasteiger charge is -2.31. The second kappa shape index (κ2) is 5.44. The molecule has 0 aliphatic carbocycles. The van der Waals surface area contributed by atoms with Crippen molar-refractivity contribution < 1.29 is 4.39 Å². The number of hydrogen-bond donors (Lipinski definition) is 1. The third-order valence-corrected chi connectivity index (χ3v) is 3.01. The molecule has 1 aromatic rings. The molecule has 0 radical (unpaired) electrons. The van der Waals surface area contributed by atoms with Crippen LogP contribution < -0.4 is 5.32 Å². The van der Waals surface area contributed by atoms with Gasteiger partial charge in [0.2, 0.25) is 0 Å². The number of rotatable bonds is 4. The van der Waals surface area contributed by atoms with Crippen molar-refractivity contribution in [2.75, 3.05) is 13.6 Å². The Bertz CT molecular complexity index is 328. The van der Waals surface area contributed by atoms with Gasteiger partial charge in [0.25, 0.3) is 0 Å². The van der Waals surface area contributed by atoms with Gasteiger partial charge in [-0.1, -0.05) is 39.0 Å². The van der Waals surface area contributed by atoms with Crippen LogP contribution >= 0.6 is 0 Å². The molecule has 2 heteroatoms. The van der Waals surface area contributed by atoms with E-state index < -0.39 is 0 Å². The molecule has 1 atom stereocenters. The Morgan fingerprint density at radius 2 is 1.88 bits per heavy atom. The lowest BCUT2D eigenvalue weighted by Crippen LogP contribution is -2.23. The van der Waals surface area contributed by atoms with Crippen molar-refractivity contribution in [1.29, 1.82) is 0 Å². The SMILES string of the molecule is CNCCC(c1ccccc1F)C(C)(C)C. The average Bonchev–Trinajstić information content (AvgIpc) is 2.19. The van der Waals surface area contributed by atoms with Gasteiger partial charge in [-0.15, -0.1) is 0 Å². The number of benzene rings is 1. The molecule has 16 heavy (non-hydrogen) atoms. The Kier molecular flexibility index (Phi) is 4.48. The molecule has 0 fully saturated rings. The molecular formula is C14H22FN. The van der Waals surface area contributed by atoms with E-state index in [2.05, 4.69) is 26.1 Å². The van der Waals surface area contributed by atoms with E-state index in [1.54, 1.807) is 12.1 Å². The first kappa shape index (κ1) is 13.2. The fraction of sp³-hybridized carbons (Fsp3) is 0.571. The minimum absolute atomic E-state index is 0.0824. The van der Waals surface area contributed by atoms with Gasteiger partial charge in [0.05, 0.1) is 0 Å². The summed E-state index contributed by atoms with van der Waals surface area (Å²) in [6.07, 6.45) is 0.959. The van der Waals surface area contributed by atoms with E-state index >= 15 is 0 Å². The predicted octanol–water partition coefficient (Wildman–Crippen LogP) is 3.56. The lowest BCUT2D eigenvalue weighted by molar-refractivity contribution is 0.296. The van der Waals surface area contributed by atoms with Crippen molar-refractivity contribution in [2.24, 2.45) is 5.41 Å². The summed E-state index contributed by atoms with van der Waals surface area (Å²) in [5.41, 5.74) is 0.921. The Morgan fingerprint density at radius 1 is 1.25 bits per heavy atom. The van der Waals surface area contributed by atoms with Gasteiger partial charge in [0.1, 0.15) is 5.82 Å². The van der Waals surface area contributed by atoms with Gasteiger partial charge in [0, 0.05) is 0 Å². The highest BCUT2D eigenvalue weighted by molar-refractivity contribution is 5.23. The Balaban J connectivity index is 2.97. The van der Waals surface area contributed by atoms with Crippen molar-refractivity contribution in [3.8, 4) is 0 Å². The molecule has 1 unspecified atom stereocenters. The molecule has 0 saturated carbocycles. The van der Waals surface area contributed by atoms with E-state index in [1.807, 2.05) is 19.2 Å². The smallest absolute Gasteiger partial charge is 0.126 e. The summed E-state index contributed by atoms with van der Waals surface area (Å²) in [6.45, 7) is 7.41. The van der Waals surface area contributed by atoms with Crippen LogP contribution in [0.3, 0.4) is 0 Å².